The fourth-order valence-electron chi connectivity index (χ4n) is 2.63. The molecule has 0 unspecified atom stereocenters. The average molecular weight is 346 g/mol. The Morgan fingerprint density at radius 3 is 2.62 bits per heavy atom. The van der Waals surface area contributed by atoms with Crippen molar-refractivity contribution in [2.24, 2.45) is 0 Å². The third kappa shape index (κ3) is 3.75. The van der Waals surface area contributed by atoms with Crippen LogP contribution < -0.4 is 0 Å². The van der Waals surface area contributed by atoms with Crippen LogP contribution in [0.25, 0.3) is 5.69 Å². The molecule has 0 saturated heterocycles. The van der Waals surface area contributed by atoms with Crippen molar-refractivity contribution in [2.75, 3.05) is 13.1 Å². The number of para-hydroxylation sites is 1. The van der Waals surface area contributed by atoms with Crippen molar-refractivity contribution in [2.45, 2.75) is 13.3 Å². The Morgan fingerprint density at radius 2 is 1.96 bits per heavy atom. The summed E-state index contributed by atoms with van der Waals surface area (Å²) in [6.07, 6.45) is 5.32. The molecule has 0 aliphatic heterocycles. The van der Waals surface area contributed by atoms with Gasteiger partial charge in [0.2, 0.25) is 0 Å². The Bertz CT molecular complexity index is 912. The lowest BCUT2D eigenvalue weighted by molar-refractivity contribution is 0.0765. The Morgan fingerprint density at radius 1 is 1.19 bits per heavy atom. The van der Waals surface area contributed by atoms with Crippen molar-refractivity contribution in [3.8, 4) is 11.8 Å². The monoisotopic (exact) mass is 346 g/mol. The second kappa shape index (κ2) is 8.03. The van der Waals surface area contributed by atoms with Crippen LogP contribution >= 0.6 is 0 Å². The number of likely N-dealkylation sites (N-methyl/N-ethyl adjacent to an activating group) is 1. The van der Waals surface area contributed by atoms with Crippen LogP contribution in [0.15, 0.2) is 55.0 Å². The molecule has 0 saturated carbocycles. The van der Waals surface area contributed by atoms with Crippen LogP contribution in [0.5, 0.6) is 0 Å². The van der Waals surface area contributed by atoms with Crippen LogP contribution in [0, 0.1) is 11.3 Å². The van der Waals surface area contributed by atoms with E-state index in [-0.39, 0.29) is 5.91 Å². The molecule has 7 nitrogen and oxygen atoms in total. The van der Waals surface area contributed by atoms with Crippen molar-refractivity contribution in [1.82, 2.24) is 24.9 Å². The van der Waals surface area contributed by atoms with Crippen LogP contribution in [-0.4, -0.2) is 43.9 Å². The summed E-state index contributed by atoms with van der Waals surface area (Å²) in [6.45, 7) is 3.06. The average Bonchev–Trinajstić information content (AvgIpc) is 3.23. The molecule has 2 heterocycles. The number of carbonyl (C=O) groups is 1. The highest BCUT2D eigenvalue weighted by Gasteiger charge is 2.19. The summed E-state index contributed by atoms with van der Waals surface area (Å²) in [5, 5.41) is 17.1. The van der Waals surface area contributed by atoms with Gasteiger partial charge in [-0.1, -0.05) is 12.1 Å². The van der Waals surface area contributed by atoms with E-state index >= 15 is 0 Å². The molecule has 7 heteroatoms. The molecule has 3 rings (SSSR count). The molecule has 0 aliphatic rings. The summed E-state index contributed by atoms with van der Waals surface area (Å²) in [4.78, 5) is 20.5. The zero-order chi connectivity index (χ0) is 18.4. The first-order valence-electron chi connectivity index (χ1n) is 8.33. The Balaban J connectivity index is 1.76. The standard InChI is InChI=1S/C19H18N6O/c1-2-24(12-9-16-8-7-15(13-20)14-21-16)19(26)17-5-3-4-6-18(17)25-22-10-11-23-25/h3-8,10-11,14H,2,9,12H2,1H3. The molecular formula is C19H18N6O. The van der Waals surface area contributed by atoms with Crippen molar-refractivity contribution < 1.29 is 4.79 Å². The van der Waals surface area contributed by atoms with Crippen molar-refractivity contribution in [1.29, 1.82) is 5.26 Å². The van der Waals surface area contributed by atoms with E-state index in [2.05, 4.69) is 15.2 Å². The van der Waals surface area contributed by atoms with Gasteiger partial charge in [0.1, 0.15) is 6.07 Å². The predicted molar refractivity (Wildman–Crippen MR) is 95.6 cm³/mol. The highest BCUT2D eigenvalue weighted by atomic mass is 16.2. The number of nitriles is 1. The predicted octanol–water partition coefficient (Wildman–Crippen LogP) is 2.24. The number of nitrogens with zero attached hydrogens (tertiary/aromatic N) is 6. The van der Waals surface area contributed by atoms with Crippen molar-refractivity contribution in [3.63, 3.8) is 0 Å². The highest BCUT2D eigenvalue weighted by Crippen LogP contribution is 2.15. The topological polar surface area (TPSA) is 87.7 Å². The van der Waals surface area contributed by atoms with Gasteiger partial charge in [-0.05, 0) is 31.2 Å². The lowest BCUT2D eigenvalue weighted by atomic mass is 10.1. The molecule has 0 bridgehead atoms. The number of amides is 1. The largest absolute Gasteiger partial charge is 0.338 e. The number of carbonyl (C=O) groups excluding carboxylic acids is 1. The summed E-state index contributed by atoms with van der Waals surface area (Å²) in [6, 6.07) is 12.9. The second-order valence-corrected chi connectivity index (χ2v) is 5.62. The van der Waals surface area contributed by atoms with Gasteiger partial charge in [0.05, 0.1) is 29.2 Å². The smallest absolute Gasteiger partial charge is 0.256 e. The van der Waals surface area contributed by atoms with E-state index < -0.39 is 0 Å². The number of aromatic nitrogens is 4. The maximum atomic E-state index is 13.0. The maximum absolute atomic E-state index is 13.0. The highest BCUT2D eigenvalue weighted by molar-refractivity contribution is 5.97. The molecule has 0 aliphatic carbocycles. The molecule has 0 N–H and O–H groups in total. The summed E-state index contributed by atoms with van der Waals surface area (Å²) < 4.78 is 0. The van der Waals surface area contributed by atoms with Gasteiger partial charge in [-0.2, -0.15) is 20.3 Å². The van der Waals surface area contributed by atoms with Crippen LogP contribution in [0.1, 0.15) is 28.5 Å². The third-order valence-corrected chi connectivity index (χ3v) is 4.03. The first-order valence-corrected chi connectivity index (χ1v) is 8.33. The summed E-state index contributed by atoms with van der Waals surface area (Å²) in [7, 11) is 0. The van der Waals surface area contributed by atoms with E-state index in [1.165, 1.54) is 4.80 Å². The van der Waals surface area contributed by atoms with Gasteiger partial charge in [-0.15, -0.1) is 0 Å². The molecule has 130 valence electrons. The quantitative estimate of drug-likeness (QED) is 0.683. The van der Waals surface area contributed by atoms with Crippen molar-refractivity contribution in [3.05, 3.63) is 71.8 Å². The molecule has 1 amide bonds. The fourth-order valence-corrected chi connectivity index (χ4v) is 2.63. The zero-order valence-corrected chi connectivity index (χ0v) is 14.4. The van der Waals surface area contributed by atoms with Gasteiger partial charge >= 0.3 is 0 Å². The minimum atomic E-state index is -0.0750. The normalized spacial score (nSPS) is 10.3. The number of rotatable bonds is 6. The lowest BCUT2D eigenvalue weighted by Crippen LogP contribution is -2.33. The van der Waals surface area contributed by atoms with Gasteiger partial charge in [-0.25, -0.2) is 0 Å². The zero-order valence-electron chi connectivity index (χ0n) is 14.4. The minimum absolute atomic E-state index is 0.0750. The van der Waals surface area contributed by atoms with E-state index in [4.69, 9.17) is 5.26 Å². The number of benzene rings is 1. The van der Waals surface area contributed by atoms with E-state index in [9.17, 15) is 4.79 Å². The van der Waals surface area contributed by atoms with Gasteiger partial charge in [0, 0.05) is 31.4 Å². The van der Waals surface area contributed by atoms with Gasteiger partial charge in [0.25, 0.3) is 5.91 Å². The second-order valence-electron chi connectivity index (χ2n) is 5.62. The Hall–Kier alpha value is -3.53. The van der Waals surface area contributed by atoms with E-state index in [1.807, 2.05) is 37.3 Å². The van der Waals surface area contributed by atoms with Crippen LogP contribution in [0.4, 0.5) is 0 Å². The van der Waals surface area contributed by atoms with E-state index in [1.54, 1.807) is 35.6 Å². The van der Waals surface area contributed by atoms with E-state index in [0.29, 0.717) is 36.3 Å². The molecule has 2 aromatic heterocycles. The molecule has 0 fully saturated rings. The van der Waals surface area contributed by atoms with E-state index in [0.717, 1.165) is 5.69 Å². The molecule has 3 aromatic rings. The first kappa shape index (κ1) is 17.3. The molecule has 0 radical (unpaired) electrons. The molecule has 0 spiro atoms. The Labute approximate surface area is 151 Å². The summed E-state index contributed by atoms with van der Waals surface area (Å²) in [5.41, 5.74) is 2.57. The molecule has 26 heavy (non-hydrogen) atoms. The third-order valence-electron chi connectivity index (χ3n) is 4.03. The summed E-state index contributed by atoms with van der Waals surface area (Å²) >= 11 is 0. The van der Waals surface area contributed by atoms with Crippen LogP contribution in [0.2, 0.25) is 0 Å². The first-order chi connectivity index (χ1) is 12.7. The Kier molecular flexibility index (Phi) is 5.34. The fraction of sp³-hybridized carbons (Fsp3) is 0.211. The molecular weight excluding hydrogens is 328 g/mol. The molecule has 1 aromatic carbocycles. The van der Waals surface area contributed by atoms with Crippen molar-refractivity contribution >= 4 is 5.91 Å². The SMILES string of the molecule is CCN(CCc1ccc(C#N)cn1)C(=O)c1ccccc1-n1nccn1. The maximum Gasteiger partial charge on any atom is 0.256 e. The number of hydrogen-bond acceptors (Lipinski definition) is 5. The van der Waals surface area contributed by atoms with Gasteiger partial charge in [-0.3, -0.25) is 9.78 Å². The minimum Gasteiger partial charge on any atom is -0.338 e. The van der Waals surface area contributed by atoms with Crippen LogP contribution in [0.3, 0.4) is 0 Å². The van der Waals surface area contributed by atoms with Crippen LogP contribution in [-0.2, 0) is 6.42 Å². The lowest BCUT2D eigenvalue weighted by Gasteiger charge is -2.22. The number of pyridine rings is 1. The van der Waals surface area contributed by atoms with Gasteiger partial charge in [0.15, 0.2) is 0 Å². The molecule has 0 atom stereocenters. The number of hydrogen-bond donors (Lipinski definition) is 0. The summed E-state index contributed by atoms with van der Waals surface area (Å²) in [5.74, 6) is -0.0750. The van der Waals surface area contributed by atoms with Gasteiger partial charge < -0.3 is 4.90 Å².